The molecule has 68 valence electrons. The van der Waals surface area contributed by atoms with Crippen molar-refractivity contribution in [2.45, 2.75) is 0 Å². The Balaban J connectivity index is 2.61. The van der Waals surface area contributed by atoms with Crippen molar-refractivity contribution in [1.82, 2.24) is 10.2 Å². The highest BCUT2D eigenvalue weighted by atomic mass is 31.2. The highest BCUT2D eigenvalue weighted by Gasteiger charge is 2.31. The van der Waals surface area contributed by atoms with E-state index in [1.54, 1.807) is 0 Å². The zero-order valence-corrected chi connectivity index (χ0v) is 6.82. The molecule has 0 bridgehead atoms. The zero-order valence-electron chi connectivity index (χ0n) is 5.93. The van der Waals surface area contributed by atoms with Gasteiger partial charge in [0.2, 0.25) is 5.91 Å². The molecule has 0 aromatic carbocycles. The normalized spacial score (nSPS) is 18.3. The summed E-state index contributed by atoms with van der Waals surface area (Å²) in [5.74, 6) is -0.548. The Hall–Kier alpha value is -0.910. The van der Waals surface area contributed by atoms with Crippen molar-refractivity contribution in [3.63, 3.8) is 0 Å². The average molecular weight is 194 g/mol. The number of carbonyl (C=O) groups is 2. The van der Waals surface area contributed by atoms with E-state index in [4.69, 9.17) is 9.79 Å². The molecule has 1 aliphatic rings. The smallest absolute Gasteiger partial charge is 0.323 e. The highest BCUT2D eigenvalue weighted by Crippen LogP contribution is 2.35. The molecule has 0 aliphatic carbocycles. The standard InChI is InChI=1S/C4H7N2O5P/c7-3-1-6(4(8)5-3)2-12(9,10)11/h1-2H2,(H,5,7,8)(H2,9,10,11). The van der Waals surface area contributed by atoms with E-state index in [0.29, 0.717) is 0 Å². The Kier molecular flexibility index (Phi) is 2.18. The maximum absolute atomic E-state index is 10.7. The summed E-state index contributed by atoms with van der Waals surface area (Å²) >= 11 is 0. The van der Waals surface area contributed by atoms with Crippen LogP contribution >= 0.6 is 7.60 Å². The summed E-state index contributed by atoms with van der Waals surface area (Å²) in [4.78, 5) is 38.9. The van der Waals surface area contributed by atoms with Crippen molar-refractivity contribution < 1.29 is 23.9 Å². The topological polar surface area (TPSA) is 107 Å². The first-order chi connectivity index (χ1) is 5.38. The maximum Gasteiger partial charge on any atom is 0.344 e. The van der Waals surface area contributed by atoms with Gasteiger partial charge in [0.1, 0.15) is 12.8 Å². The van der Waals surface area contributed by atoms with Crippen molar-refractivity contribution in [2.75, 3.05) is 12.8 Å². The number of nitrogens with zero attached hydrogens (tertiary/aromatic N) is 1. The fraction of sp³-hybridized carbons (Fsp3) is 0.500. The summed E-state index contributed by atoms with van der Waals surface area (Å²) in [6.45, 7) is -0.288. The number of carbonyl (C=O) groups excluding carboxylic acids is 2. The third-order valence-corrected chi connectivity index (χ3v) is 1.93. The van der Waals surface area contributed by atoms with E-state index in [-0.39, 0.29) is 6.54 Å². The van der Waals surface area contributed by atoms with E-state index in [1.165, 1.54) is 0 Å². The van der Waals surface area contributed by atoms with Crippen LogP contribution in [0.1, 0.15) is 0 Å². The monoisotopic (exact) mass is 194 g/mol. The van der Waals surface area contributed by atoms with Crippen LogP contribution in [0.15, 0.2) is 0 Å². The van der Waals surface area contributed by atoms with E-state index in [1.807, 2.05) is 5.32 Å². The minimum atomic E-state index is -4.27. The molecule has 3 N–H and O–H groups in total. The number of rotatable bonds is 2. The quantitative estimate of drug-likeness (QED) is 0.373. The third-order valence-electron chi connectivity index (χ3n) is 1.22. The molecule has 0 aromatic rings. The molecule has 0 aromatic heterocycles. The molecule has 1 heterocycles. The van der Waals surface area contributed by atoms with Crippen molar-refractivity contribution >= 4 is 19.5 Å². The fourth-order valence-corrected chi connectivity index (χ4v) is 1.49. The van der Waals surface area contributed by atoms with E-state index in [2.05, 4.69) is 0 Å². The molecule has 0 saturated carbocycles. The Morgan fingerprint density at radius 1 is 1.50 bits per heavy atom. The van der Waals surface area contributed by atoms with E-state index in [9.17, 15) is 14.2 Å². The summed E-state index contributed by atoms with van der Waals surface area (Å²) in [5.41, 5.74) is 0. The largest absolute Gasteiger partial charge is 0.344 e. The average Bonchev–Trinajstić information content (AvgIpc) is 2.06. The molecule has 0 atom stereocenters. The minimum absolute atomic E-state index is 0.288. The lowest BCUT2D eigenvalue weighted by Gasteiger charge is -2.12. The summed E-state index contributed by atoms with van der Waals surface area (Å²) < 4.78 is 10.4. The molecule has 7 nitrogen and oxygen atoms in total. The molecule has 0 radical (unpaired) electrons. The summed E-state index contributed by atoms with van der Waals surface area (Å²) in [6.07, 6.45) is -0.718. The second-order valence-electron chi connectivity index (χ2n) is 2.36. The molecule has 0 unspecified atom stereocenters. The van der Waals surface area contributed by atoms with Gasteiger partial charge in [0.15, 0.2) is 0 Å². The molecule has 8 heteroatoms. The van der Waals surface area contributed by atoms with Crippen LogP contribution in [0.4, 0.5) is 4.79 Å². The van der Waals surface area contributed by atoms with Crippen LogP contribution in [0.2, 0.25) is 0 Å². The van der Waals surface area contributed by atoms with E-state index < -0.39 is 25.8 Å². The number of hydrogen-bond acceptors (Lipinski definition) is 3. The number of nitrogens with one attached hydrogen (secondary N) is 1. The lowest BCUT2D eigenvalue weighted by molar-refractivity contribution is -0.118. The van der Waals surface area contributed by atoms with Gasteiger partial charge in [-0.2, -0.15) is 0 Å². The molecule has 1 rings (SSSR count). The van der Waals surface area contributed by atoms with Gasteiger partial charge >= 0.3 is 13.6 Å². The molecule has 0 spiro atoms. The first-order valence-corrected chi connectivity index (χ1v) is 4.81. The van der Waals surface area contributed by atoms with Crippen LogP contribution in [0.25, 0.3) is 0 Å². The lowest BCUT2D eigenvalue weighted by Crippen LogP contribution is -2.29. The predicted octanol–water partition coefficient (Wildman–Crippen LogP) is -1.33. The number of amides is 3. The van der Waals surface area contributed by atoms with Gasteiger partial charge in [-0.1, -0.05) is 0 Å². The van der Waals surface area contributed by atoms with Crippen LogP contribution in [-0.4, -0.2) is 39.5 Å². The number of urea groups is 1. The third kappa shape index (κ3) is 2.30. The van der Waals surface area contributed by atoms with E-state index in [0.717, 1.165) is 4.90 Å². The van der Waals surface area contributed by atoms with Gasteiger partial charge in [0.05, 0.1) is 0 Å². The van der Waals surface area contributed by atoms with E-state index >= 15 is 0 Å². The predicted molar refractivity (Wildman–Crippen MR) is 37.2 cm³/mol. The van der Waals surface area contributed by atoms with Crippen LogP contribution < -0.4 is 5.32 Å². The SMILES string of the molecule is O=C1CN(CP(=O)(O)O)C(=O)N1. The van der Waals surface area contributed by atoms with Gasteiger partial charge < -0.3 is 14.7 Å². The summed E-state index contributed by atoms with van der Waals surface area (Å²) in [5, 5.41) is 1.89. The van der Waals surface area contributed by atoms with Crippen LogP contribution in [0.3, 0.4) is 0 Å². The maximum atomic E-state index is 10.7. The van der Waals surface area contributed by atoms with Crippen LogP contribution in [0.5, 0.6) is 0 Å². The van der Waals surface area contributed by atoms with Gasteiger partial charge in [0.25, 0.3) is 0 Å². The van der Waals surface area contributed by atoms with Gasteiger partial charge in [-0.15, -0.1) is 0 Å². The van der Waals surface area contributed by atoms with Gasteiger partial charge in [-0.3, -0.25) is 14.7 Å². The Morgan fingerprint density at radius 3 is 2.42 bits per heavy atom. The fourth-order valence-electron chi connectivity index (χ4n) is 0.820. The summed E-state index contributed by atoms with van der Waals surface area (Å²) in [7, 11) is -4.27. The Morgan fingerprint density at radius 2 is 2.08 bits per heavy atom. The van der Waals surface area contributed by atoms with Crippen LogP contribution in [-0.2, 0) is 9.36 Å². The lowest BCUT2D eigenvalue weighted by atomic mass is 10.6. The summed E-state index contributed by atoms with van der Waals surface area (Å²) in [6, 6.07) is -0.761. The molecule has 1 saturated heterocycles. The van der Waals surface area contributed by atoms with Crippen molar-refractivity contribution in [1.29, 1.82) is 0 Å². The van der Waals surface area contributed by atoms with Gasteiger partial charge in [0, 0.05) is 0 Å². The molecule has 3 amide bonds. The Bertz CT molecular complexity index is 271. The molecule has 1 fully saturated rings. The Labute approximate surface area is 67.5 Å². The van der Waals surface area contributed by atoms with Gasteiger partial charge in [-0.05, 0) is 0 Å². The number of imide groups is 1. The van der Waals surface area contributed by atoms with Crippen molar-refractivity contribution in [3.05, 3.63) is 0 Å². The molecular formula is C4H7N2O5P. The molecule has 12 heavy (non-hydrogen) atoms. The van der Waals surface area contributed by atoms with Crippen molar-refractivity contribution in [3.8, 4) is 0 Å². The second kappa shape index (κ2) is 2.85. The zero-order chi connectivity index (χ0) is 9.35. The van der Waals surface area contributed by atoms with Crippen molar-refractivity contribution in [2.24, 2.45) is 0 Å². The first-order valence-electron chi connectivity index (χ1n) is 3.02. The van der Waals surface area contributed by atoms with Gasteiger partial charge in [-0.25, -0.2) is 4.79 Å². The first kappa shape index (κ1) is 9.18. The minimum Gasteiger partial charge on any atom is -0.323 e. The second-order valence-corrected chi connectivity index (χ2v) is 3.97. The van der Waals surface area contributed by atoms with Crippen LogP contribution in [0, 0.1) is 0 Å². The molecular weight excluding hydrogens is 187 g/mol. The molecule has 1 aliphatic heterocycles. The number of hydrogen-bond donors (Lipinski definition) is 3. The highest BCUT2D eigenvalue weighted by molar-refractivity contribution is 7.51.